The second-order valence-corrected chi connectivity index (χ2v) is 6.05. The molecule has 0 unspecified atom stereocenters. The van der Waals surface area contributed by atoms with E-state index in [1.807, 2.05) is 39.0 Å². The Labute approximate surface area is 147 Å². The molecule has 0 spiro atoms. The lowest BCUT2D eigenvalue weighted by Gasteiger charge is -2.20. The molecule has 2 rings (SSSR count). The molecule has 0 saturated heterocycles. The molecule has 24 heavy (non-hydrogen) atoms. The van der Waals surface area contributed by atoms with Crippen molar-refractivity contribution in [3.05, 3.63) is 52.5 Å². The van der Waals surface area contributed by atoms with Gasteiger partial charge < -0.3 is 14.8 Å². The Hall–Kier alpha value is -2.20. The summed E-state index contributed by atoms with van der Waals surface area (Å²) in [6.07, 6.45) is -0.0589. The molecule has 0 aliphatic heterocycles. The van der Waals surface area contributed by atoms with E-state index in [4.69, 9.17) is 21.1 Å². The third kappa shape index (κ3) is 4.42. The van der Waals surface area contributed by atoms with Gasteiger partial charge in [0.15, 0.2) is 6.10 Å². The normalized spacial score (nSPS) is 11.7. The first-order chi connectivity index (χ1) is 11.4. The maximum Gasteiger partial charge on any atom is 0.265 e. The lowest BCUT2D eigenvalue weighted by molar-refractivity contribution is -0.122. The molecular formula is C19H22ClNO3. The van der Waals surface area contributed by atoms with Gasteiger partial charge in [-0.25, -0.2) is 0 Å². The van der Waals surface area contributed by atoms with Crippen LogP contribution in [0.15, 0.2) is 36.4 Å². The van der Waals surface area contributed by atoms with Crippen LogP contribution in [-0.4, -0.2) is 19.1 Å². The summed E-state index contributed by atoms with van der Waals surface area (Å²) >= 11 is 6.00. The van der Waals surface area contributed by atoms with Gasteiger partial charge in [0.25, 0.3) is 5.91 Å². The van der Waals surface area contributed by atoms with Crippen LogP contribution in [0, 0.1) is 13.8 Å². The fraction of sp³-hybridized carbons (Fsp3) is 0.316. The van der Waals surface area contributed by atoms with Crippen molar-refractivity contribution in [2.45, 2.75) is 33.3 Å². The molecule has 0 fully saturated rings. The Balaban J connectivity index is 2.17. The monoisotopic (exact) mass is 347 g/mol. The summed E-state index contributed by atoms with van der Waals surface area (Å²) in [6, 6.07) is 11.0. The van der Waals surface area contributed by atoms with Gasteiger partial charge >= 0.3 is 0 Å². The Morgan fingerprint density at radius 1 is 1.17 bits per heavy atom. The van der Waals surface area contributed by atoms with E-state index in [9.17, 15) is 4.79 Å². The number of amides is 1. The summed E-state index contributed by atoms with van der Waals surface area (Å²) in [5.74, 6) is 1.03. The standard InChI is InChI=1S/C19H22ClNO3/c1-5-16(24-18-10-12(2)6-7-13(18)3)19(22)21-15-11-14(20)8-9-17(15)23-4/h6-11,16H,5H2,1-4H3,(H,21,22)/t16-/m1/s1. The topological polar surface area (TPSA) is 47.6 Å². The second-order valence-electron chi connectivity index (χ2n) is 5.62. The van der Waals surface area contributed by atoms with Crippen molar-refractivity contribution in [1.29, 1.82) is 0 Å². The number of anilines is 1. The zero-order valence-corrected chi connectivity index (χ0v) is 15.1. The van der Waals surface area contributed by atoms with Gasteiger partial charge in [-0.2, -0.15) is 0 Å². The van der Waals surface area contributed by atoms with Crippen LogP contribution in [0.1, 0.15) is 24.5 Å². The quantitative estimate of drug-likeness (QED) is 0.819. The van der Waals surface area contributed by atoms with Gasteiger partial charge in [0, 0.05) is 5.02 Å². The molecular weight excluding hydrogens is 326 g/mol. The third-order valence-electron chi connectivity index (χ3n) is 3.70. The van der Waals surface area contributed by atoms with E-state index in [-0.39, 0.29) is 5.91 Å². The van der Waals surface area contributed by atoms with Crippen LogP contribution in [0.5, 0.6) is 11.5 Å². The molecule has 0 heterocycles. The van der Waals surface area contributed by atoms with Crippen molar-refractivity contribution in [2.24, 2.45) is 0 Å². The van der Waals surface area contributed by atoms with E-state index in [2.05, 4.69) is 5.32 Å². The number of aryl methyl sites for hydroxylation is 2. The highest BCUT2D eigenvalue weighted by Crippen LogP contribution is 2.28. The van der Waals surface area contributed by atoms with Crippen LogP contribution in [-0.2, 0) is 4.79 Å². The third-order valence-corrected chi connectivity index (χ3v) is 3.93. The predicted molar refractivity (Wildman–Crippen MR) is 97.3 cm³/mol. The minimum Gasteiger partial charge on any atom is -0.495 e. The molecule has 128 valence electrons. The van der Waals surface area contributed by atoms with E-state index in [1.165, 1.54) is 0 Å². The number of halogens is 1. The maximum atomic E-state index is 12.6. The van der Waals surface area contributed by atoms with Crippen LogP contribution in [0.2, 0.25) is 5.02 Å². The molecule has 0 saturated carbocycles. The number of hydrogen-bond donors (Lipinski definition) is 1. The van der Waals surface area contributed by atoms with Gasteiger partial charge in [0.2, 0.25) is 0 Å². The van der Waals surface area contributed by atoms with Crippen LogP contribution < -0.4 is 14.8 Å². The second kappa shape index (κ2) is 8.06. The van der Waals surface area contributed by atoms with Crippen molar-refractivity contribution in [3.8, 4) is 11.5 Å². The minimum absolute atomic E-state index is 0.237. The molecule has 4 nitrogen and oxygen atoms in total. The number of carbonyl (C=O) groups is 1. The summed E-state index contributed by atoms with van der Waals surface area (Å²) in [5, 5.41) is 3.36. The molecule has 2 aromatic carbocycles. The summed E-state index contributed by atoms with van der Waals surface area (Å²) in [4.78, 5) is 12.6. The number of nitrogens with one attached hydrogen (secondary N) is 1. The number of hydrogen-bond acceptors (Lipinski definition) is 3. The number of benzene rings is 2. The Morgan fingerprint density at radius 3 is 2.58 bits per heavy atom. The number of methoxy groups -OCH3 is 1. The zero-order chi connectivity index (χ0) is 17.7. The van der Waals surface area contributed by atoms with Gasteiger partial charge in [-0.3, -0.25) is 4.79 Å². The predicted octanol–water partition coefficient (Wildman–Crippen LogP) is 4.76. The van der Waals surface area contributed by atoms with E-state index < -0.39 is 6.10 Å². The van der Waals surface area contributed by atoms with Crippen molar-refractivity contribution < 1.29 is 14.3 Å². The fourth-order valence-corrected chi connectivity index (χ4v) is 2.47. The molecule has 1 amide bonds. The first-order valence-corrected chi connectivity index (χ1v) is 8.20. The molecule has 0 radical (unpaired) electrons. The molecule has 0 aromatic heterocycles. The van der Waals surface area contributed by atoms with Crippen molar-refractivity contribution in [3.63, 3.8) is 0 Å². The Morgan fingerprint density at radius 2 is 1.92 bits per heavy atom. The van der Waals surface area contributed by atoms with E-state index in [0.717, 1.165) is 16.9 Å². The van der Waals surface area contributed by atoms with Crippen molar-refractivity contribution >= 4 is 23.2 Å². The summed E-state index contributed by atoms with van der Waals surface area (Å²) < 4.78 is 11.2. The number of rotatable bonds is 6. The molecule has 2 aromatic rings. The summed E-state index contributed by atoms with van der Waals surface area (Å²) in [5.41, 5.74) is 2.60. The van der Waals surface area contributed by atoms with Crippen molar-refractivity contribution in [1.82, 2.24) is 0 Å². The minimum atomic E-state index is -0.603. The highest BCUT2D eigenvalue weighted by molar-refractivity contribution is 6.31. The zero-order valence-electron chi connectivity index (χ0n) is 14.4. The van der Waals surface area contributed by atoms with Gasteiger partial charge in [0.05, 0.1) is 12.8 Å². The van der Waals surface area contributed by atoms with Crippen LogP contribution in [0.4, 0.5) is 5.69 Å². The molecule has 5 heteroatoms. The smallest absolute Gasteiger partial charge is 0.265 e. The molecule has 1 atom stereocenters. The highest BCUT2D eigenvalue weighted by Gasteiger charge is 2.21. The molecule has 0 aliphatic rings. The molecule has 0 bridgehead atoms. The molecule has 0 aliphatic carbocycles. The SMILES string of the molecule is CC[C@@H](Oc1cc(C)ccc1C)C(=O)Nc1cc(Cl)ccc1OC. The van der Waals surface area contributed by atoms with Crippen LogP contribution >= 0.6 is 11.6 Å². The van der Waals surface area contributed by atoms with Crippen LogP contribution in [0.3, 0.4) is 0 Å². The van der Waals surface area contributed by atoms with Gasteiger partial charge in [0.1, 0.15) is 11.5 Å². The van der Waals surface area contributed by atoms with Crippen LogP contribution in [0.25, 0.3) is 0 Å². The number of ether oxygens (including phenoxy) is 2. The first kappa shape index (κ1) is 18.1. The van der Waals surface area contributed by atoms with E-state index in [0.29, 0.717) is 22.9 Å². The number of carbonyl (C=O) groups excluding carboxylic acids is 1. The van der Waals surface area contributed by atoms with Gasteiger partial charge in [-0.05, 0) is 55.7 Å². The Kier molecular flexibility index (Phi) is 6.10. The average molecular weight is 348 g/mol. The maximum absolute atomic E-state index is 12.6. The summed E-state index contributed by atoms with van der Waals surface area (Å²) in [6.45, 7) is 5.86. The molecule has 1 N–H and O–H groups in total. The Bertz CT molecular complexity index is 731. The fourth-order valence-electron chi connectivity index (χ4n) is 2.30. The first-order valence-electron chi connectivity index (χ1n) is 7.83. The largest absolute Gasteiger partial charge is 0.495 e. The van der Waals surface area contributed by atoms with Gasteiger partial charge in [-0.1, -0.05) is 30.7 Å². The summed E-state index contributed by atoms with van der Waals surface area (Å²) in [7, 11) is 1.54. The van der Waals surface area contributed by atoms with Crippen molar-refractivity contribution in [2.75, 3.05) is 12.4 Å². The lowest BCUT2D eigenvalue weighted by atomic mass is 10.1. The van der Waals surface area contributed by atoms with Gasteiger partial charge in [-0.15, -0.1) is 0 Å². The van der Waals surface area contributed by atoms with E-state index in [1.54, 1.807) is 25.3 Å². The lowest BCUT2D eigenvalue weighted by Crippen LogP contribution is -2.32. The highest BCUT2D eigenvalue weighted by atomic mass is 35.5. The average Bonchev–Trinajstić information content (AvgIpc) is 2.55. The van der Waals surface area contributed by atoms with E-state index >= 15 is 0 Å².